The molecule has 1 aromatic carbocycles. The number of aliphatic imine (C=N–C) groups is 1. The van der Waals surface area contributed by atoms with E-state index in [9.17, 15) is 4.79 Å². The number of carbonyl (C=O) groups is 1. The Bertz CT molecular complexity index is 581. The van der Waals surface area contributed by atoms with E-state index in [1.165, 1.54) is 0 Å². The number of benzene rings is 1. The number of thioether (sulfide) groups is 1. The molecule has 0 unspecified atom stereocenters. The lowest BCUT2D eigenvalue weighted by Gasteiger charge is -2.31. The Kier molecular flexibility index (Phi) is 5.07. The van der Waals surface area contributed by atoms with Crippen LogP contribution in [0.15, 0.2) is 46.6 Å². The van der Waals surface area contributed by atoms with Crippen molar-refractivity contribution < 1.29 is 9.53 Å². The van der Waals surface area contributed by atoms with Gasteiger partial charge in [-0.15, -0.1) is 0 Å². The summed E-state index contributed by atoms with van der Waals surface area (Å²) in [5, 5.41) is 0.898. The first-order valence-electron chi connectivity index (χ1n) is 6.88. The van der Waals surface area contributed by atoms with Crippen LogP contribution in [0.25, 0.3) is 0 Å². The zero-order chi connectivity index (χ0) is 15.4. The fourth-order valence-corrected chi connectivity index (χ4v) is 2.94. The molecule has 5 heteroatoms. The van der Waals surface area contributed by atoms with Crippen LogP contribution in [-0.4, -0.2) is 35.9 Å². The number of carbonyl (C=O) groups excluding carboxylic acids is 1. The predicted molar refractivity (Wildman–Crippen MR) is 87.2 cm³/mol. The van der Waals surface area contributed by atoms with Gasteiger partial charge in [0.1, 0.15) is 6.04 Å². The smallest absolute Gasteiger partial charge is 0.338 e. The summed E-state index contributed by atoms with van der Waals surface area (Å²) in [6.45, 7) is 4.11. The third-order valence-electron chi connectivity index (χ3n) is 3.49. The van der Waals surface area contributed by atoms with E-state index in [-0.39, 0.29) is 12.0 Å². The van der Waals surface area contributed by atoms with Crippen molar-refractivity contribution in [3.63, 3.8) is 0 Å². The van der Waals surface area contributed by atoms with E-state index in [0.29, 0.717) is 12.2 Å². The van der Waals surface area contributed by atoms with Crippen molar-refractivity contribution in [1.82, 2.24) is 4.90 Å². The van der Waals surface area contributed by atoms with Gasteiger partial charge in [-0.05, 0) is 25.7 Å². The molecule has 1 heterocycles. The second kappa shape index (κ2) is 6.80. The van der Waals surface area contributed by atoms with E-state index in [1.807, 2.05) is 62.4 Å². The van der Waals surface area contributed by atoms with E-state index in [2.05, 4.69) is 0 Å². The molecule has 21 heavy (non-hydrogen) atoms. The topological polar surface area (TPSA) is 41.9 Å². The summed E-state index contributed by atoms with van der Waals surface area (Å²) in [4.78, 5) is 19.0. The number of amidine groups is 1. The summed E-state index contributed by atoms with van der Waals surface area (Å²) in [6, 6.07) is 9.55. The van der Waals surface area contributed by atoms with Gasteiger partial charge in [-0.3, -0.25) is 0 Å². The van der Waals surface area contributed by atoms with Crippen LogP contribution < -0.4 is 0 Å². The predicted octanol–water partition coefficient (Wildman–Crippen LogP) is 3.23. The van der Waals surface area contributed by atoms with Crippen LogP contribution in [0.5, 0.6) is 0 Å². The lowest BCUT2D eigenvalue weighted by atomic mass is 9.96. The number of hydrogen-bond donors (Lipinski definition) is 0. The zero-order valence-electron chi connectivity index (χ0n) is 12.8. The molecule has 0 saturated carbocycles. The molecular formula is C16H20N2O2S. The van der Waals surface area contributed by atoms with Gasteiger partial charge in [0.2, 0.25) is 0 Å². The molecule has 0 fully saturated rings. The Balaban J connectivity index is 2.51. The summed E-state index contributed by atoms with van der Waals surface area (Å²) in [5.41, 5.74) is 2.50. The summed E-state index contributed by atoms with van der Waals surface area (Å²) in [7, 11) is 1.92. The van der Waals surface area contributed by atoms with Gasteiger partial charge >= 0.3 is 5.97 Å². The minimum absolute atomic E-state index is 0.292. The Hall–Kier alpha value is -1.75. The molecule has 0 bridgehead atoms. The molecule has 1 aromatic rings. The second-order valence-corrected chi connectivity index (χ2v) is 5.48. The number of nitrogens with zero attached hydrogens (tertiary/aromatic N) is 2. The number of hydrogen-bond acceptors (Lipinski definition) is 5. The largest absolute Gasteiger partial charge is 0.463 e. The summed E-state index contributed by atoms with van der Waals surface area (Å²) in [5.74, 6) is -0.292. The molecule has 0 saturated heterocycles. The second-order valence-electron chi connectivity index (χ2n) is 4.71. The molecule has 1 aliphatic heterocycles. The summed E-state index contributed by atoms with van der Waals surface area (Å²) < 4.78 is 5.22. The van der Waals surface area contributed by atoms with E-state index < -0.39 is 0 Å². The van der Waals surface area contributed by atoms with Crippen LogP contribution >= 0.6 is 11.8 Å². The molecule has 4 nitrogen and oxygen atoms in total. The number of allylic oxidation sites excluding steroid dienone is 1. The van der Waals surface area contributed by atoms with Crippen LogP contribution in [0.4, 0.5) is 0 Å². The standard InChI is InChI=1S/C16H20N2O2S/c1-5-20-15(19)13-11(2)18(3)16(21-4)17-14(13)12-9-7-6-8-10-12/h6-10,14H,5H2,1-4H3/t14-/m0/s1. The fourth-order valence-electron chi connectivity index (χ4n) is 2.32. The van der Waals surface area contributed by atoms with Gasteiger partial charge in [0.25, 0.3) is 0 Å². The van der Waals surface area contributed by atoms with Crippen molar-refractivity contribution in [2.75, 3.05) is 19.9 Å². The quantitative estimate of drug-likeness (QED) is 0.804. The summed E-state index contributed by atoms with van der Waals surface area (Å²) in [6.07, 6.45) is 1.99. The Morgan fingerprint density at radius 1 is 1.38 bits per heavy atom. The van der Waals surface area contributed by atoms with E-state index >= 15 is 0 Å². The third-order valence-corrected chi connectivity index (χ3v) is 4.23. The maximum atomic E-state index is 12.3. The molecule has 0 amide bonds. The summed E-state index contributed by atoms with van der Waals surface area (Å²) >= 11 is 1.57. The zero-order valence-corrected chi connectivity index (χ0v) is 13.6. The lowest BCUT2D eigenvalue weighted by molar-refractivity contribution is -0.139. The Morgan fingerprint density at radius 3 is 2.62 bits per heavy atom. The molecular weight excluding hydrogens is 284 g/mol. The van der Waals surface area contributed by atoms with E-state index in [4.69, 9.17) is 9.73 Å². The van der Waals surface area contributed by atoms with Gasteiger partial charge < -0.3 is 9.64 Å². The lowest BCUT2D eigenvalue weighted by Crippen LogP contribution is -2.32. The highest BCUT2D eigenvalue weighted by Gasteiger charge is 2.32. The van der Waals surface area contributed by atoms with Crippen molar-refractivity contribution in [2.45, 2.75) is 19.9 Å². The fraction of sp³-hybridized carbons (Fsp3) is 0.375. The third kappa shape index (κ3) is 3.13. The normalized spacial score (nSPS) is 18.6. The average molecular weight is 304 g/mol. The molecule has 1 aliphatic rings. The molecule has 1 atom stereocenters. The average Bonchev–Trinajstić information content (AvgIpc) is 2.50. The molecule has 0 radical (unpaired) electrons. The highest BCUT2D eigenvalue weighted by atomic mass is 32.2. The van der Waals surface area contributed by atoms with Gasteiger partial charge in [0.15, 0.2) is 5.17 Å². The van der Waals surface area contributed by atoms with E-state index in [0.717, 1.165) is 16.4 Å². The molecule has 2 rings (SSSR count). The molecule has 0 N–H and O–H groups in total. The molecule has 0 aliphatic carbocycles. The minimum Gasteiger partial charge on any atom is -0.463 e. The van der Waals surface area contributed by atoms with Crippen molar-refractivity contribution in [2.24, 2.45) is 4.99 Å². The highest BCUT2D eigenvalue weighted by Crippen LogP contribution is 2.35. The maximum absolute atomic E-state index is 12.3. The molecule has 0 aromatic heterocycles. The van der Waals surface area contributed by atoms with Gasteiger partial charge in [0, 0.05) is 12.7 Å². The first kappa shape index (κ1) is 15.6. The van der Waals surface area contributed by atoms with Crippen LogP contribution in [0.2, 0.25) is 0 Å². The van der Waals surface area contributed by atoms with Crippen molar-refractivity contribution >= 4 is 22.9 Å². The maximum Gasteiger partial charge on any atom is 0.338 e. The first-order chi connectivity index (χ1) is 10.1. The van der Waals surface area contributed by atoms with Crippen LogP contribution in [0.3, 0.4) is 0 Å². The first-order valence-corrected chi connectivity index (χ1v) is 8.11. The minimum atomic E-state index is -0.302. The monoisotopic (exact) mass is 304 g/mol. The Labute approximate surface area is 129 Å². The van der Waals surface area contributed by atoms with Crippen molar-refractivity contribution in [1.29, 1.82) is 0 Å². The highest BCUT2D eigenvalue weighted by molar-refractivity contribution is 8.13. The van der Waals surface area contributed by atoms with E-state index in [1.54, 1.807) is 11.8 Å². The SMILES string of the molecule is CCOC(=O)C1=C(C)N(C)C(SC)=N[C@H]1c1ccccc1. The van der Waals surface area contributed by atoms with Crippen molar-refractivity contribution in [3.05, 3.63) is 47.2 Å². The number of ether oxygens (including phenoxy) is 1. The number of rotatable bonds is 3. The van der Waals surface area contributed by atoms with Gasteiger partial charge in [-0.2, -0.15) is 0 Å². The molecule has 0 spiro atoms. The molecule has 112 valence electrons. The van der Waals surface area contributed by atoms with Gasteiger partial charge in [-0.1, -0.05) is 42.1 Å². The van der Waals surface area contributed by atoms with Gasteiger partial charge in [0.05, 0.1) is 12.2 Å². The van der Waals surface area contributed by atoms with Crippen LogP contribution in [0.1, 0.15) is 25.5 Å². The van der Waals surface area contributed by atoms with Crippen LogP contribution in [-0.2, 0) is 9.53 Å². The van der Waals surface area contributed by atoms with Crippen LogP contribution in [0, 0.1) is 0 Å². The number of esters is 1. The van der Waals surface area contributed by atoms with Gasteiger partial charge in [-0.25, -0.2) is 9.79 Å². The van der Waals surface area contributed by atoms with Crippen molar-refractivity contribution in [3.8, 4) is 0 Å². The Morgan fingerprint density at radius 2 is 2.05 bits per heavy atom.